The highest BCUT2D eigenvalue weighted by Crippen LogP contribution is 2.17. The van der Waals surface area contributed by atoms with Crippen LogP contribution in [0.5, 0.6) is 0 Å². The minimum absolute atomic E-state index is 1.23. The van der Waals surface area contributed by atoms with Crippen LogP contribution in [0.15, 0.2) is 66.7 Å². The Morgan fingerprint density at radius 3 is 2.05 bits per heavy atom. The molecule has 0 unspecified atom stereocenters. The quantitative estimate of drug-likeness (QED) is 0.535. The second-order valence-electron chi connectivity index (χ2n) is 4.85. The summed E-state index contributed by atoms with van der Waals surface area (Å²) in [5.41, 5.74) is 3.76. The summed E-state index contributed by atoms with van der Waals surface area (Å²) in [6.45, 7) is 2.11. The van der Waals surface area contributed by atoms with Gasteiger partial charge in [0.05, 0.1) is 0 Å². The summed E-state index contributed by atoms with van der Waals surface area (Å²) < 4.78 is 0. The summed E-state index contributed by atoms with van der Waals surface area (Å²) in [4.78, 5) is 0. The number of aryl methyl sites for hydroxylation is 1. The molecule has 0 saturated heterocycles. The normalized spacial score (nSPS) is 11.2. The van der Waals surface area contributed by atoms with Crippen LogP contribution in [0.3, 0.4) is 0 Å². The summed E-state index contributed by atoms with van der Waals surface area (Å²) in [7, 11) is 0. The molecule has 0 saturated carbocycles. The Morgan fingerprint density at radius 1 is 0.632 bits per heavy atom. The first kappa shape index (κ1) is 11.7. The van der Waals surface area contributed by atoms with E-state index in [9.17, 15) is 0 Å². The number of fused-ring (bicyclic) bond motifs is 1. The molecule has 0 aliphatic heterocycles. The van der Waals surface area contributed by atoms with Gasteiger partial charge in [0.1, 0.15) is 0 Å². The summed E-state index contributed by atoms with van der Waals surface area (Å²) in [6.07, 6.45) is 4.32. The average molecular weight is 244 g/mol. The fourth-order valence-corrected chi connectivity index (χ4v) is 2.18. The Bertz CT molecular complexity index is 718. The molecule has 0 nitrogen and oxygen atoms in total. The third-order valence-electron chi connectivity index (χ3n) is 3.32. The van der Waals surface area contributed by atoms with Gasteiger partial charge in [-0.15, -0.1) is 0 Å². The van der Waals surface area contributed by atoms with Gasteiger partial charge in [0.25, 0.3) is 0 Å². The van der Waals surface area contributed by atoms with Gasteiger partial charge in [0.2, 0.25) is 0 Å². The first-order valence-corrected chi connectivity index (χ1v) is 6.55. The van der Waals surface area contributed by atoms with Crippen LogP contribution in [-0.2, 0) is 0 Å². The lowest BCUT2D eigenvalue weighted by atomic mass is 10.1. The lowest BCUT2D eigenvalue weighted by Crippen LogP contribution is -1.76. The third-order valence-corrected chi connectivity index (χ3v) is 3.32. The average Bonchev–Trinajstić information content (AvgIpc) is 2.46. The maximum Gasteiger partial charge on any atom is -0.0178 e. The fourth-order valence-electron chi connectivity index (χ4n) is 2.18. The molecule has 3 rings (SSSR count). The maximum atomic E-state index is 2.22. The molecule has 0 aliphatic rings. The van der Waals surface area contributed by atoms with Gasteiger partial charge in [-0.25, -0.2) is 0 Å². The van der Waals surface area contributed by atoms with Gasteiger partial charge in [-0.05, 0) is 34.9 Å². The molecule has 92 valence electrons. The smallest absolute Gasteiger partial charge is 0.0178 e. The molecule has 0 N–H and O–H groups in total. The zero-order valence-corrected chi connectivity index (χ0v) is 11.0. The highest BCUT2D eigenvalue weighted by molar-refractivity contribution is 5.85. The van der Waals surface area contributed by atoms with Crippen LogP contribution < -0.4 is 0 Å². The SMILES string of the molecule is Cc1ccc(/C=C\c2ccc3ccccc3c2)cc1. The van der Waals surface area contributed by atoms with E-state index in [4.69, 9.17) is 0 Å². The molecule has 0 atom stereocenters. The molecule has 0 heterocycles. The maximum absolute atomic E-state index is 2.22. The lowest BCUT2D eigenvalue weighted by Gasteiger charge is -1.99. The summed E-state index contributed by atoms with van der Waals surface area (Å²) in [5, 5.41) is 2.57. The van der Waals surface area contributed by atoms with Crippen LogP contribution in [0.2, 0.25) is 0 Å². The Kier molecular flexibility index (Phi) is 3.16. The zero-order valence-electron chi connectivity index (χ0n) is 11.0. The number of benzene rings is 3. The molecule has 0 spiro atoms. The van der Waals surface area contributed by atoms with Gasteiger partial charge < -0.3 is 0 Å². The van der Waals surface area contributed by atoms with Crippen molar-refractivity contribution in [1.82, 2.24) is 0 Å². The van der Waals surface area contributed by atoms with Crippen LogP contribution in [0.1, 0.15) is 16.7 Å². The molecule has 0 heteroatoms. The van der Waals surface area contributed by atoms with Gasteiger partial charge in [-0.1, -0.05) is 78.4 Å². The molecule has 0 aromatic heterocycles. The van der Waals surface area contributed by atoms with Crippen molar-refractivity contribution in [2.24, 2.45) is 0 Å². The number of rotatable bonds is 2. The third kappa shape index (κ3) is 2.74. The predicted molar refractivity (Wildman–Crippen MR) is 84.1 cm³/mol. The van der Waals surface area contributed by atoms with E-state index in [1.807, 2.05) is 0 Å². The Morgan fingerprint density at radius 2 is 1.26 bits per heavy atom. The predicted octanol–water partition coefficient (Wildman–Crippen LogP) is 5.32. The number of hydrogen-bond donors (Lipinski definition) is 0. The second kappa shape index (κ2) is 5.11. The molecule has 0 aliphatic carbocycles. The summed E-state index contributed by atoms with van der Waals surface area (Å²) in [6, 6.07) is 23.6. The molecule has 19 heavy (non-hydrogen) atoms. The van der Waals surface area contributed by atoms with E-state index in [2.05, 4.69) is 85.8 Å². The van der Waals surface area contributed by atoms with Crippen molar-refractivity contribution < 1.29 is 0 Å². The van der Waals surface area contributed by atoms with Gasteiger partial charge in [-0.2, -0.15) is 0 Å². The van der Waals surface area contributed by atoms with Crippen molar-refractivity contribution in [1.29, 1.82) is 0 Å². The van der Waals surface area contributed by atoms with Crippen LogP contribution in [0.4, 0.5) is 0 Å². The zero-order chi connectivity index (χ0) is 13.1. The second-order valence-corrected chi connectivity index (χ2v) is 4.85. The molecule has 0 bridgehead atoms. The highest BCUT2D eigenvalue weighted by atomic mass is 14.0. The first-order valence-electron chi connectivity index (χ1n) is 6.55. The van der Waals surface area contributed by atoms with E-state index in [0.717, 1.165) is 0 Å². The van der Waals surface area contributed by atoms with Crippen molar-refractivity contribution in [2.45, 2.75) is 6.92 Å². The minimum Gasteiger partial charge on any atom is -0.0616 e. The van der Waals surface area contributed by atoms with Crippen molar-refractivity contribution in [3.8, 4) is 0 Å². The van der Waals surface area contributed by atoms with Crippen LogP contribution in [0, 0.1) is 6.92 Å². The molecule has 3 aromatic carbocycles. The monoisotopic (exact) mass is 244 g/mol. The Balaban J connectivity index is 1.90. The van der Waals surface area contributed by atoms with E-state index in [0.29, 0.717) is 0 Å². The largest absolute Gasteiger partial charge is 0.0616 e. The molecule has 3 aromatic rings. The van der Waals surface area contributed by atoms with E-state index in [1.54, 1.807) is 0 Å². The summed E-state index contributed by atoms with van der Waals surface area (Å²) >= 11 is 0. The van der Waals surface area contributed by atoms with Gasteiger partial charge in [0, 0.05) is 0 Å². The highest BCUT2D eigenvalue weighted by Gasteiger charge is 1.93. The van der Waals surface area contributed by atoms with E-state index in [1.165, 1.54) is 27.5 Å². The van der Waals surface area contributed by atoms with Gasteiger partial charge in [-0.3, -0.25) is 0 Å². The topological polar surface area (TPSA) is 0 Å². The standard InChI is InChI=1S/C19H16/c1-15-6-8-16(9-7-15)10-11-17-12-13-18-4-2-3-5-19(18)14-17/h2-14H,1H3/b11-10-. The number of hydrogen-bond acceptors (Lipinski definition) is 0. The van der Waals surface area contributed by atoms with Crippen molar-refractivity contribution in [3.05, 3.63) is 83.4 Å². The lowest BCUT2D eigenvalue weighted by molar-refractivity contribution is 1.46. The van der Waals surface area contributed by atoms with Crippen molar-refractivity contribution >= 4 is 22.9 Å². The van der Waals surface area contributed by atoms with Crippen LogP contribution in [0.25, 0.3) is 22.9 Å². The van der Waals surface area contributed by atoms with Crippen LogP contribution >= 0.6 is 0 Å². The van der Waals surface area contributed by atoms with Crippen LogP contribution in [-0.4, -0.2) is 0 Å². The minimum atomic E-state index is 1.23. The van der Waals surface area contributed by atoms with E-state index >= 15 is 0 Å². The Hall–Kier alpha value is -2.34. The van der Waals surface area contributed by atoms with Crippen molar-refractivity contribution in [3.63, 3.8) is 0 Å². The molecule has 0 amide bonds. The molecule has 0 radical (unpaired) electrons. The van der Waals surface area contributed by atoms with Gasteiger partial charge in [0.15, 0.2) is 0 Å². The fraction of sp³-hybridized carbons (Fsp3) is 0.0526. The molecular formula is C19H16. The summed E-state index contributed by atoms with van der Waals surface area (Å²) in [5.74, 6) is 0. The molecule has 0 fully saturated rings. The Labute approximate surface area is 114 Å². The van der Waals surface area contributed by atoms with Crippen molar-refractivity contribution in [2.75, 3.05) is 0 Å². The first-order chi connectivity index (χ1) is 9.31. The van der Waals surface area contributed by atoms with Gasteiger partial charge >= 0.3 is 0 Å². The molecular weight excluding hydrogens is 228 g/mol. The van der Waals surface area contributed by atoms with E-state index < -0.39 is 0 Å². The van der Waals surface area contributed by atoms with E-state index in [-0.39, 0.29) is 0 Å².